The fourth-order valence-electron chi connectivity index (χ4n) is 13.7. The molecule has 0 fully saturated rings. The minimum Gasteiger partial charge on any atom is -0.309 e. The molecule has 0 N–H and O–H groups in total. The number of aryl methyl sites for hydroxylation is 4. The Morgan fingerprint density at radius 2 is 0.662 bits per heavy atom. The van der Waals surface area contributed by atoms with Crippen molar-refractivity contribution in [2.75, 3.05) is 9.80 Å². The second-order valence-electron chi connectivity index (χ2n) is 23.3. The van der Waals surface area contributed by atoms with Gasteiger partial charge in [0.2, 0.25) is 0 Å². The standard InChI is InChI=1S/C76H62N4/c1-45(2)53-27-31-67(61(41-53)51-19-11-9-12-20-51)77(55-37-47(5)35-48(6)38-55)69-33-29-57-63-43-72-64(44-71(63)79-65-25-17-15-23-59(65)73(69)75(57)79)58-30-34-70(74-60-24-16-18-26-66(60)80(72)76(58)74)78(56-39-49(7)36-50(8)40-56)68-32-28-54(46(3)4)42-62(68)52-21-13-10-14-22-52/h9-46H,1-8H3. The topological polar surface area (TPSA) is 15.3 Å². The number of benzene rings is 11. The van der Waals surface area contributed by atoms with Gasteiger partial charge in [-0.1, -0.05) is 161 Å². The summed E-state index contributed by atoms with van der Waals surface area (Å²) in [5.41, 5.74) is 26.7. The van der Waals surface area contributed by atoms with Crippen molar-refractivity contribution in [3.63, 3.8) is 0 Å². The van der Waals surface area contributed by atoms with Crippen molar-refractivity contribution >= 4 is 110 Å². The van der Waals surface area contributed by atoms with Crippen molar-refractivity contribution in [3.8, 4) is 22.3 Å². The van der Waals surface area contributed by atoms with Crippen molar-refractivity contribution in [1.29, 1.82) is 0 Å². The summed E-state index contributed by atoms with van der Waals surface area (Å²) in [6, 6.07) is 82.9. The smallest absolute Gasteiger partial charge is 0.0641 e. The van der Waals surface area contributed by atoms with E-state index < -0.39 is 0 Å². The third-order valence-corrected chi connectivity index (χ3v) is 17.2. The lowest BCUT2D eigenvalue weighted by molar-refractivity contribution is 0.867. The van der Waals surface area contributed by atoms with Crippen LogP contribution < -0.4 is 9.80 Å². The average molecular weight is 1030 g/mol. The monoisotopic (exact) mass is 1030 g/mol. The third kappa shape index (κ3) is 7.21. The molecule has 4 heteroatoms. The summed E-state index contributed by atoms with van der Waals surface area (Å²) in [4.78, 5) is 5.09. The van der Waals surface area contributed by atoms with E-state index >= 15 is 0 Å². The quantitative estimate of drug-likeness (QED) is 0.136. The summed E-state index contributed by atoms with van der Waals surface area (Å²) in [6.07, 6.45) is 0. The Morgan fingerprint density at radius 3 is 1.05 bits per heavy atom. The molecule has 386 valence electrons. The van der Waals surface area contributed by atoms with E-state index in [-0.39, 0.29) is 0 Å². The first kappa shape index (κ1) is 47.8. The van der Waals surface area contributed by atoms with E-state index in [2.05, 4.69) is 292 Å². The molecular formula is C76H62N4. The highest BCUT2D eigenvalue weighted by Crippen LogP contribution is 2.53. The summed E-state index contributed by atoms with van der Waals surface area (Å²) in [6.45, 7) is 18.0. The number of fused-ring (bicyclic) bond motifs is 12. The Hall–Kier alpha value is -9.38. The van der Waals surface area contributed by atoms with E-state index in [0.29, 0.717) is 11.8 Å². The van der Waals surface area contributed by atoms with Crippen LogP contribution in [0.4, 0.5) is 34.1 Å². The number of aromatic nitrogens is 2. The zero-order valence-corrected chi connectivity index (χ0v) is 46.7. The van der Waals surface area contributed by atoms with Gasteiger partial charge in [0.1, 0.15) is 0 Å². The molecule has 0 saturated carbocycles. The van der Waals surface area contributed by atoms with Crippen LogP contribution in [-0.2, 0) is 0 Å². The van der Waals surface area contributed by atoms with E-state index in [1.165, 1.54) is 132 Å². The Kier molecular flexibility index (Phi) is 10.8. The van der Waals surface area contributed by atoms with Crippen LogP contribution in [-0.4, -0.2) is 8.80 Å². The van der Waals surface area contributed by atoms with Crippen molar-refractivity contribution < 1.29 is 0 Å². The van der Waals surface area contributed by atoms with Crippen LogP contribution in [0, 0.1) is 27.7 Å². The van der Waals surface area contributed by atoms with E-state index in [0.717, 1.165) is 34.1 Å². The predicted molar refractivity (Wildman–Crippen MR) is 343 cm³/mol. The molecular weight excluding hydrogens is 969 g/mol. The van der Waals surface area contributed by atoms with E-state index in [9.17, 15) is 0 Å². The average Bonchev–Trinajstić information content (AvgIpc) is 2.48. The van der Waals surface area contributed by atoms with Gasteiger partial charge in [-0.3, -0.25) is 0 Å². The van der Waals surface area contributed by atoms with E-state index in [1.54, 1.807) is 0 Å². The molecule has 0 aliphatic rings. The maximum absolute atomic E-state index is 2.57. The van der Waals surface area contributed by atoms with Gasteiger partial charge in [0.05, 0.1) is 55.8 Å². The Morgan fingerprint density at radius 1 is 0.300 bits per heavy atom. The van der Waals surface area contributed by atoms with Gasteiger partial charge >= 0.3 is 0 Å². The largest absolute Gasteiger partial charge is 0.309 e. The third-order valence-electron chi connectivity index (χ3n) is 17.2. The van der Waals surface area contributed by atoms with Crippen molar-refractivity contribution in [2.24, 2.45) is 0 Å². The lowest BCUT2D eigenvalue weighted by atomic mass is 9.94. The van der Waals surface area contributed by atoms with Crippen molar-refractivity contribution in [2.45, 2.75) is 67.2 Å². The fraction of sp³-hybridized carbons (Fsp3) is 0.132. The minimum absolute atomic E-state index is 0.382. The lowest BCUT2D eigenvalue weighted by Crippen LogP contribution is -2.12. The second-order valence-corrected chi connectivity index (χ2v) is 23.3. The molecule has 0 spiro atoms. The maximum Gasteiger partial charge on any atom is 0.0641 e. The second kappa shape index (κ2) is 18.1. The highest BCUT2D eigenvalue weighted by atomic mass is 15.2. The molecule has 0 radical (unpaired) electrons. The summed E-state index contributed by atoms with van der Waals surface area (Å²) in [5, 5.41) is 9.99. The van der Waals surface area contributed by atoms with Gasteiger partial charge < -0.3 is 18.6 Å². The lowest BCUT2D eigenvalue weighted by Gasteiger charge is -2.30. The molecule has 4 heterocycles. The molecule has 0 aliphatic heterocycles. The van der Waals surface area contributed by atoms with Gasteiger partial charge in [-0.2, -0.15) is 0 Å². The van der Waals surface area contributed by atoms with Gasteiger partial charge in [0.15, 0.2) is 0 Å². The molecule has 0 atom stereocenters. The van der Waals surface area contributed by atoms with E-state index in [1.807, 2.05) is 0 Å². The first-order chi connectivity index (χ1) is 39.0. The van der Waals surface area contributed by atoms with Crippen LogP contribution in [0.15, 0.2) is 218 Å². The zero-order valence-electron chi connectivity index (χ0n) is 46.7. The van der Waals surface area contributed by atoms with Crippen LogP contribution in [0.5, 0.6) is 0 Å². The number of hydrogen-bond donors (Lipinski definition) is 0. The molecule has 11 aromatic carbocycles. The summed E-state index contributed by atoms with van der Waals surface area (Å²) in [5.74, 6) is 0.764. The minimum atomic E-state index is 0.382. The fourth-order valence-corrected chi connectivity index (χ4v) is 13.7. The highest BCUT2D eigenvalue weighted by molar-refractivity contribution is 6.32. The van der Waals surface area contributed by atoms with Crippen LogP contribution >= 0.6 is 0 Å². The van der Waals surface area contributed by atoms with Gasteiger partial charge in [0.25, 0.3) is 0 Å². The first-order valence-electron chi connectivity index (χ1n) is 28.5. The Bertz CT molecular complexity index is 4580. The maximum atomic E-state index is 2.57. The van der Waals surface area contributed by atoms with Crippen LogP contribution in [0.1, 0.15) is 72.9 Å². The number of rotatable bonds is 10. The predicted octanol–water partition coefficient (Wildman–Crippen LogP) is 21.7. The van der Waals surface area contributed by atoms with Crippen LogP contribution in [0.2, 0.25) is 0 Å². The van der Waals surface area contributed by atoms with Crippen LogP contribution in [0.3, 0.4) is 0 Å². The molecule has 15 rings (SSSR count). The van der Waals surface area contributed by atoms with Gasteiger partial charge in [-0.05, 0) is 169 Å². The van der Waals surface area contributed by atoms with Gasteiger partial charge in [-0.25, -0.2) is 0 Å². The molecule has 0 amide bonds. The number of anilines is 6. The number of para-hydroxylation sites is 2. The number of nitrogens with zero attached hydrogens (tertiary/aromatic N) is 4. The molecule has 15 aromatic rings. The highest BCUT2D eigenvalue weighted by Gasteiger charge is 2.30. The van der Waals surface area contributed by atoms with Crippen molar-refractivity contribution in [3.05, 3.63) is 252 Å². The van der Waals surface area contributed by atoms with Gasteiger partial charge in [0, 0.05) is 65.6 Å². The zero-order chi connectivity index (χ0) is 54.2. The summed E-state index contributed by atoms with van der Waals surface area (Å²) in [7, 11) is 0. The Labute approximate surface area is 467 Å². The SMILES string of the molecule is Cc1cc(C)cc(N(c2ccc(C(C)C)cc2-c2ccccc2)c2ccc3c4cc5c(cc4n4c6ccccc6c2c34)c2ccc(N(c3cc(C)cc(C)c3)c3ccc(C(C)C)cc3-c3ccccc3)c3c4ccccc4n5c23)c1. The van der Waals surface area contributed by atoms with Crippen molar-refractivity contribution in [1.82, 2.24) is 8.80 Å². The molecule has 80 heavy (non-hydrogen) atoms. The molecule has 0 bridgehead atoms. The first-order valence-corrected chi connectivity index (χ1v) is 28.5. The molecule has 4 aromatic heterocycles. The molecule has 0 unspecified atom stereocenters. The Balaban J connectivity index is 1.02. The summed E-state index contributed by atoms with van der Waals surface area (Å²) >= 11 is 0. The van der Waals surface area contributed by atoms with E-state index in [4.69, 9.17) is 0 Å². The number of hydrogen-bond acceptors (Lipinski definition) is 2. The van der Waals surface area contributed by atoms with Gasteiger partial charge in [-0.15, -0.1) is 0 Å². The summed E-state index contributed by atoms with van der Waals surface area (Å²) < 4.78 is 5.15. The molecule has 0 aliphatic carbocycles. The molecule has 4 nitrogen and oxygen atoms in total. The molecule has 0 saturated heterocycles. The normalized spacial score (nSPS) is 12.2. The van der Waals surface area contributed by atoms with Crippen LogP contribution in [0.25, 0.3) is 98.4 Å².